The molecule has 0 fully saturated rings. The highest BCUT2D eigenvalue weighted by molar-refractivity contribution is 7.88. The number of nitrogens with zero attached hydrogens (tertiary/aromatic N) is 1. The lowest BCUT2D eigenvalue weighted by Gasteiger charge is -2.22. The van der Waals surface area contributed by atoms with E-state index in [1.165, 1.54) is 13.0 Å². The van der Waals surface area contributed by atoms with Crippen molar-refractivity contribution in [1.82, 2.24) is 10.0 Å². The lowest BCUT2D eigenvalue weighted by Crippen LogP contribution is -2.44. The molecule has 2 N–H and O–H groups in total. The number of rotatable bonds is 8. The normalized spacial score (nSPS) is 12.7. The molecule has 1 aromatic carbocycles. The molecule has 1 aromatic rings. The molecule has 23 heavy (non-hydrogen) atoms. The average molecular weight is 345 g/mol. The summed E-state index contributed by atoms with van der Waals surface area (Å²) in [5.41, 5.74) is 1.13. The third kappa shape index (κ3) is 6.15. The fraction of sp³-hybridized carbons (Fsp3) is 0.533. The lowest BCUT2D eigenvalue weighted by molar-refractivity contribution is -0.122. The van der Waals surface area contributed by atoms with E-state index in [1.54, 1.807) is 12.1 Å². The Morgan fingerprint density at radius 2 is 1.91 bits per heavy atom. The number of sulfonamides is 1. The van der Waals surface area contributed by atoms with Gasteiger partial charge in [0.05, 0.1) is 18.0 Å². The molecule has 0 aliphatic carbocycles. The van der Waals surface area contributed by atoms with Crippen molar-refractivity contribution in [2.75, 3.05) is 24.2 Å². The van der Waals surface area contributed by atoms with Crippen LogP contribution in [0.1, 0.15) is 26.3 Å². The van der Waals surface area contributed by atoms with E-state index in [0.29, 0.717) is 24.3 Å². The van der Waals surface area contributed by atoms with Gasteiger partial charge in [0, 0.05) is 19.6 Å². The Bertz CT molecular complexity index is 645. The molecule has 1 amide bonds. The third-order valence-corrected chi connectivity index (χ3v) is 4.15. The second-order valence-electron chi connectivity index (χ2n) is 5.29. The van der Waals surface area contributed by atoms with Crippen molar-refractivity contribution in [3.8, 4) is 0 Å². The zero-order valence-corrected chi connectivity index (χ0v) is 14.7. The van der Waals surface area contributed by atoms with Crippen LogP contribution in [0.15, 0.2) is 18.2 Å². The zero-order chi connectivity index (χ0) is 17.6. The Labute approximate surface area is 137 Å². The van der Waals surface area contributed by atoms with Crippen molar-refractivity contribution in [1.29, 1.82) is 0 Å². The summed E-state index contributed by atoms with van der Waals surface area (Å²) < 4.78 is 38.5. The van der Waals surface area contributed by atoms with E-state index in [2.05, 4.69) is 10.0 Å². The summed E-state index contributed by atoms with van der Waals surface area (Å²) >= 11 is 0. The molecule has 0 aliphatic rings. The second kappa shape index (κ2) is 8.26. The van der Waals surface area contributed by atoms with E-state index in [-0.39, 0.29) is 12.4 Å². The number of nitrogens with one attached hydrogen (secondary N) is 2. The van der Waals surface area contributed by atoms with Gasteiger partial charge in [-0.1, -0.05) is 6.07 Å². The van der Waals surface area contributed by atoms with Gasteiger partial charge in [0.2, 0.25) is 15.9 Å². The van der Waals surface area contributed by atoms with Gasteiger partial charge < -0.3 is 10.2 Å². The molecule has 0 aromatic heterocycles. The predicted molar refractivity (Wildman–Crippen MR) is 89.2 cm³/mol. The molecule has 130 valence electrons. The maximum Gasteiger partial charge on any atom is 0.238 e. The summed E-state index contributed by atoms with van der Waals surface area (Å²) in [6.45, 7) is 6.89. The molecule has 0 spiro atoms. The van der Waals surface area contributed by atoms with Crippen LogP contribution in [-0.2, 0) is 21.4 Å². The molecule has 0 radical (unpaired) electrons. The van der Waals surface area contributed by atoms with Crippen LogP contribution in [0.2, 0.25) is 0 Å². The molecule has 0 heterocycles. The monoisotopic (exact) mass is 345 g/mol. The highest BCUT2D eigenvalue weighted by atomic mass is 32.2. The van der Waals surface area contributed by atoms with Gasteiger partial charge in [-0.3, -0.25) is 4.79 Å². The first-order chi connectivity index (χ1) is 10.7. The number of carbonyl (C=O) groups is 1. The van der Waals surface area contributed by atoms with Crippen molar-refractivity contribution < 1.29 is 17.6 Å². The van der Waals surface area contributed by atoms with Crippen LogP contribution in [0.4, 0.5) is 10.1 Å². The Kier molecular flexibility index (Phi) is 6.96. The van der Waals surface area contributed by atoms with E-state index in [9.17, 15) is 17.6 Å². The first kappa shape index (κ1) is 19.4. The summed E-state index contributed by atoms with van der Waals surface area (Å²) in [6, 6.07) is 3.92. The van der Waals surface area contributed by atoms with Gasteiger partial charge in [0.25, 0.3) is 0 Å². The van der Waals surface area contributed by atoms with Crippen LogP contribution in [0, 0.1) is 5.82 Å². The SMILES string of the molecule is CCN(CC)c1ccc(CNC(=O)[C@H](C)NS(C)(=O)=O)cc1F. The summed E-state index contributed by atoms with van der Waals surface area (Å²) in [6.07, 6.45) is 0.984. The minimum Gasteiger partial charge on any atom is -0.370 e. The number of anilines is 1. The Morgan fingerprint density at radius 3 is 2.39 bits per heavy atom. The Morgan fingerprint density at radius 1 is 1.30 bits per heavy atom. The fourth-order valence-corrected chi connectivity index (χ4v) is 2.95. The number of hydrogen-bond acceptors (Lipinski definition) is 4. The Hall–Kier alpha value is -1.67. The molecule has 1 atom stereocenters. The maximum atomic E-state index is 14.1. The van der Waals surface area contributed by atoms with Gasteiger partial charge in [-0.2, -0.15) is 0 Å². The van der Waals surface area contributed by atoms with E-state index >= 15 is 0 Å². The second-order valence-corrected chi connectivity index (χ2v) is 7.07. The third-order valence-electron chi connectivity index (χ3n) is 3.37. The van der Waals surface area contributed by atoms with Gasteiger partial charge in [-0.25, -0.2) is 17.5 Å². The van der Waals surface area contributed by atoms with Crippen molar-refractivity contribution in [3.05, 3.63) is 29.6 Å². The van der Waals surface area contributed by atoms with Gasteiger partial charge >= 0.3 is 0 Å². The summed E-state index contributed by atoms with van der Waals surface area (Å²) in [5.74, 6) is -0.814. The molecule has 8 heteroatoms. The molecule has 0 saturated carbocycles. The fourth-order valence-electron chi connectivity index (χ4n) is 2.20. The standard InChI is InChI=1S/C15H24FN3O3S/c1-5-19(6-2)14-8-7-12(9-13(14)16)10-17-15(20)11(3)18-23(4,21)22/h7-9,11,18H,5-6,10H2,1-4H3,(H,17,20)/t11-/m0/s1. The van der Waals surface area contributed by atoms with Crippen molar-refractivity contribution in [2.45, 2.75) is 33.4 Å². The van der Waals surface area contributed by atoms with Gasteiger partial charge in [0.1, 0.15) is 5.82 Å². The van der Waals surface area contributed by atoms with Crippen LogP contribution >= 0.6 is 0 Å². The van der Waals surface area contributed by atoms with Crippen molar-refractivity contribution >= 4 is 21.6 Å². The minimum absolute atomic E-state index is 0.129. The number of hydrogen-bond donors (Lipinski definition) is 2. The quantitative estimate of drug-likeness (QED) is 0.743. The Balaban J connectivity index is 2.69. The van der Waals surface area contributed by atoms with Crippen molar-refractivity contribution in [3.63, 3.8) is 0 Å². The molecule has 0 aliphatic heterocycles. The van der Waals surface area contributed by atoms with E-state index < -0.39 is 22.0 Å². The number of carbonyl (C=O) groups excluding carboxylic acids is 1. The predicted octanol–water partition coefficient (Wildman–Crippen LogP) is 1.23. The molecular weight excluding hydrogens is 321 g/mol. The molecule has 0 saturated heterocycles. The van der Waals surface area contributed by atoms with E-state index in [1.807, 2.05) is 18.7 Å². The summed E-state index contributed by atoms with van der Waals surface area (Å²) in [5, 5.41) is 2.58. The molecule has 6 nitrogen and oxygen atoms in total. The van der Waals surface area contributed by atoms with Gasteiger partial charge in [-0.15, -0.1) is 0 Å². The maximum absolute atomic E-state index is 14.1. The number of benzene rings is 1. The molecular formula is C15H24FN3O3S. The molecule has 0 unspecified atom stereocenters. The number of halogens is 1. The summed E-state index contributed by atoms with van der Waals surface area (Å²) in [4.78, 5) is 13.7. The van der Waals surface area contributed by atoms with Gasteiger partial charge in [0.15, 0.2) is 0 Å². The lowest BCUT2D eigenvalue weighted by atomic mass is 10.1. The number of amides is 1. The molecule has 0 bridgehead atoms. The average Bonchev–Trinajstić information content (AvgIpc) is 2.46. The highest BCUT2D eigenvalue weighted by Crippen LogP contribution is 2.20. The smallest absolute Gasteiger partial charge is 0.238 e. The largest absolute Gasteiger partial charge is 0.370 e. The topological polar surface area (TPSA) is 78.5 Å². The molecule has 1 rings (SSSR count). The van der Waals surface area contributed by atoms with Crippen molar-refractivity contribution in [2.24, 2.45) is 0 Å². The van der Waals surface area contributed by atoms with E-state index in [0.717, 1.165) is 6.26 Å². The minimum atomic E-state index is -3.46. The summed E-state index contributed by atoms with van der Waals surface area (Å²) in [7, 11) is -3.46. The van der Waals surface area contributed by atoms with Gasteiger partial charge in [-0.05, 0) is 38.5 Å². The first-order valence-corrected chi connectivity index (χ1v) is 9.35. The first-order valence-electron chi connectivity index (χ1n) is 7.46. The highest BCUT2D eigenvalue weighted by Gasteiger charge is 2.16. The van der Waals surface area contributed by atoms with Crippen LogP contribution < -0.4 is 14.9 Å². The van der Waals surface area contributed by atoms with Crippen LogP contribution in [0.3, 0.4) is 0 Å². The zero-order valence-electron chi connectivity index (χ0n) is 13.9. The van der Waals surface area contributed by atoms with Crippen LogP contribution in [0.5, 0.6) is 0 Å². The van der Waals surface area contributed by atoms with Crippen LogP contribution in [0.25, 0.3) is 0 Å². The van der Waals surface area contributed by atoms with E-state index in [4.69, 9.17) is 0 Å². The van der Waals surface area contributed by atoms with Crippen LogP contribution in [-0.4, -0.2) is 39.7 Å².